The lowest BCUT2D eigenvalue weighted by atomic mass is 9.89. The van der Waals surface area contributed by atoms with Gasteiger partial charge in [-0.15, -0.1) is 0 Å². The SMILES string of the molecule is CC=C1CCCC(=CC)C1=O. The van der Waals surface area contributed by atoms with Gasteiger partial charge in [0.2, 0.25) is 0 Å². The van der Waals surface area contributed by atoms with Crippen LogP contribution in [0.2, 0.25) is 0 Å². The first-order valence-corrected chi connectivity index (χ1v) is 4.14. The summed E-state index contributed by atoms with van der Waals surface area (Å²) in [4.78, 5) is 11.5. The minimum Gasteiger partial charge on any atom is -0.289 e. The molecular weight excluding hydrogens is 136 g/mol. The predicted molar refractivity (Wildman–Crippen MR) is 46.4 cm³/mol. The zero-order valence-electron chi connectivity index (χ0n) is 7.18. The third kappa shape index (κ3) is 1.59. The fourth-order valence-corrected chi connectivity index (χ4v) is 1.45. The Labute approximate surface area is 67.8 Å². The third-order valence-electron chi connectivity index (χ3n) is 2.17. The zero-order chi connectivity index (χ0) is 8.27. The van der Waals surface area contributed by atoms with Crippen LogP contribution in [0, 0.1) is 0 Å². The second kappa shape index (κ2) is 3.51. The predicted octanol–water partition coefficient (Wildman–Crippen LogP) is 2.63. The molecule has 1 aliphatic carbocycles. The van der Waals surface area contributed by atoms with Gasteiger partial charge in [0.15, 0.2) is 5.78 Å². The molecule has 0 spiro atoms. The Kier molecular flexibility index (Phi) is 2.64. The first-order valence-electron chi connectivity index (χ1n) is 4.14. The molecule has 0 radical (unpaired) electrons. The number of carbonyl (C=O) groups excluding carboxylic acids is 1. The number of Topliss-reactive ketones (excluding diaryl/α,β-unsaturated/α-hetero) is 1. The van der Waals surface area contributed by atoms with Crippen LogP contribution in [0.25, 0.3) is 0 Å². The average Bonchev–Trinajstić information content (AvgIpc) is 2.05. The first kappa shape index (κ1) is 8.25. The molecule has 1 heteroatoms. The van der Waals surface area contributed by atoms with E-state index in [1.807, 2.05) is 26.0 Å². The number of ketones is 1. The van der Waals surface area contributed by atoms with Crippen molar-refractivity contribution < 1.29 is 4.79 Å². The summed E-state index contributed by atoms with van der Waals surface area (Å²) in [5.74, 6) is 0.265. The molecule has 1 nitrogen and oxygen atoms in total. The molecule has 0 aromatic heterocycles. The summed E-state index contributed by atoms with van der Waals surface area (Å²) in [6.07, 6.45) is 6.93. The van der Waals surface area contributed by atoms with Gasteiger partial charge >= 0.3 is 0 Å². The second-order valence-corrected chi connectivity index (χ2v) is 2.81. The van der Waals surface area contributed by atoms with Crippen LogP contribution in [0.1, 0.15) is 33.1 Å². The molecule has 0 N–H and O–H groups in total. The first-order chi connectivity index (χ1) is 5.29. The van der Waals surface area contributed by atoms with Crippen molar-refractivity contribution in [1.29, 1.82) is 0 Å². The van der Waals surface area contributed by atoms with E-state index in [0.29, 0.717) is 0 Å². The molecule has 0 bridgehead atoms. The molecule has 1 aliphatic rings. The van der Waals surface area contributed by atoms with Gasteiger partial charge < -0.3 is 0 Å². The minimum atomic E-state index is 0.265. The van der Waals surface area contributed by atoms with Crippen LogP contribution in [-0.4, -0.2) is 5.78 Å². The lowest BCUT2D eigenvalue weighted by molar-refractivity contribution is -0.113. The van der Waals surface area contributed by atoms with Gasteiger partial charge in [-0.1, -0.05) is 12.2 Å². The molecule has 0 aromatic rings. The molecule has 0 saturated heterocycles. The van der Waals surface area contributed by atoms with Gasteiger partial charge in [0.25, 0.3) is 0 Å². The van der Waals surface area contributed by atoms with Crippen LogP contribution in [-0.2, 0) is 4.79 Å². The summed E-state index contributed by atoms with van der Waals surface area (Å²) >= 11 is 0. The molecule has 1 rings (SSSR count). The van der Waals surface area contributed by atoms with Crippen molar-refractivity contribution in [1.82, 2.24) is 0 Å². The summed E-state index contributed by atoms with van der Waals surface area (Å²) in [6, 6.07) is 0. The van der Waals surface area contributed by atoms with E-state index in [0.717, 1.165) is 30.4 Å². The van der Waals surface area contributed by atoms with E-state index >= 15 is 0 Å². The van der Waals surface area contributed by atoms with Crippen LogP contribution >= 0.6 is 0 Å². The van der Waals surface area contributed by atoms with Gasteiger partial charge in [0.05, 0.1) is 0 Å². The van der Waals surface area contributed by atoms with Crippen LogP contribution in [0.5, 0.6) is 0 Å². The van der Waals surface area contributed by atoms with E-state index in [1.54, 1.807) is 0 Å². The Balaban J connectivity index is 2.84. The number of rotatable bonds is 0. The molecule has 0 heterocycles. The van der Waals surface area contributed by atoms with E-state index in [4.69, 9.17) is 0 Å². The van der Waals surface area contributed by atoms with Gasteiger partial charge in [-0.25, -0.2) is 0 Å². The number of allylic oxidation sites excluding steroid dienone is 4. The normalized spacial score (nSPS) is 26.5. The van der Waals surface area contributed by atoms with Crippen molar-refractivity contribution in [2.75, 3.05) is 0 Å². The summed E-state index contributed by atoms with van der Waals surface area (Å²) in [5, 5.41) is 0. The Hall–Kier alpha value is -0.850. The zero-order valence-corrected chi connectivity index (χ0v) is 7.18. The molecule has 1 saturated carbocycles. The average molecular weight is 150 g/mol. The molecular formula is C10H14O. The Bertz CT molecular complexity index is 199. The Morgan fingerprint density at radius 2 is 1.55 bits per heavy atom. The van der Waals surface area contributed by atoms with Crippen LogP contribution < -0.4 is 0 Å². The maximum absolute atomic E-state index is 11.5. The highest BCUT2D eigenvalue weighted by molar-refractivity contribution is 6.08. The fraction of sp³-hybridized carbons (Fsp3) is 0.500. The molecule has 0 atom stereocenters. The number of carbonyl (C=O) groups is 1. The fourth-order valence-electron chi connectivity index (χ4n) is 1.45. The van der Waals surface area contributed by atoms with Crippen molar-refractivity contribution in [2.45, 2.75) is 33.1 Å². The molecule has 1 fully saturated rings. The standard InChI is InChI=1S/C10H14O/c1-3-8-6-5-7-9(4-2)10(8)11/h3-4H,5-7H2,1-2H3. The van der Waals surface area contributed by atoms with Crippen LogP contribution in [0.15, 0.2) is 23.3 Å². The highest BCUT2D eigenvalue weighted by atomic mass is 16.1. The van der Waals surface area contributed by atoms with Gasteiger partial charge in [0, 0.05) is 0 Å². The molecule has 11 heavy (non-hydrogen) atoms. The van der Waals surface area contributed by atoms with Crippen molar-refractivity contribution in [3.8, 4) is 0 Å². The second-order valence-electron chi connectivity index (χ2n) is 2.81. The third-order valence-corrected chi connectivity index (χ3v) is 2.17. The van der Waals surface area contributed by atoms with Crippen LogP contribution in [0.4, 0.5) is 0 Å². The van der Waals surface area contributed by atoms with Gasteiger partial charge in [-0.3, -0.25) is 4.79 Å². The molecule has 60 valence electrons. The van der Waals surface area contributed by atoms with E-state index in [-0.39, 0.29) is 5.78 Å². The number of hydrogen-bond acceptors (Lipinski definition) is 1. The van der Waals surface area contributed by atoms with Gasteiger partial charge in [-0.2, -0.15) is 0 Å². The summed E-state index contributed by atoms with van der Waals surface area (Å²) in [6.45, 7) is 3.87. The maximum atomic E-state index is 11.5. The number of hydrogen-bond donors (Lipinski definition) is 0. The maximum Gasteiger partial charge on any atom is 0.184 e. The molecule has 0 aliphatic heterocycles. The van der Waals surface area contributed by atoms with E-state index in [9.17, 15) is 4.79 Å². The highest BCUT2D eigenvalue weighted by Gasteiger charge is 2.18. The highest BCUT2D eigenvalue weighted by Crippen LogP contribution is 2.23. The van der Waals surface area contributed by atoms with Crippen LogP contribution in [0.3, 0.4) is 0 Å². The van der Waals surface area contributed by atoms with Gasteiger partial charge in [-0.05, 0) is 44.3 Å². The monoisotopic (exact) mass is 150 g/mol. The smallest absolute Gasteiger partial charge is 0.184 e. The quantitative estimate of drug-likeness (QED) is 0.485. The lowest BCUT2D eigenvalue weighted by Gasteiger charge is -2.14. The lowest BCUT2D eigenvalue weighted by Crippen LogP contribution is -2.11. The largest absolute Gasteiger partial charge is 0.289 e. The van der Waals surface area contributed by atoms with E-state index in [2.05, 4.69) is 0 Å². The van der Waals surface area contributed by atoms with Gasteiger partial charge in [0.1, 0.15) is 0 Å². The minimum absolute atomic E-state index is 0.265. The Morgan fingerprint density at radius 1 is 1.09 bits per heavy atom. The molecule has 0 unspecified atom stereocenters. The topological polar surface area (TPSA) is 17.1 Å². The van der Waals surface area contributed by atoms with E-state index < -0.39 is 0 Å². The summed E-state index contributed by atoms with van der Waals surface area (Å²) in [5.41, 5.74) is 1.98. The Morgan fingerprint density at radius 3 is 1.91 bits per heavy atom. The summed E-state index contributed by atoms with van der Waals surface area (Å²) < 4.78 is 0. The molecule has 0 aromatic carbocycles. The molecule has 0 amide bonds. The van der Waals surface area contributed by atoms with Crippen molar-refractivity contribution >= 4 is 5.78 Å². The van der Waals surface area contributed by atoms with Crippen molar-refractivity contribution in [2.24, 2.45) is 0 Å². The van der Waals surface area contributed by atoms with E-state index in [1.165, 1.54) is 0 Å². The van der Waals surface area contributed by atoms with Crippen molar-refractivity contribution in [3.63, 3.8) is 0 Å². The summed E-state index contributed by atoms with van der Waals surface area (Å²) in [7, 11) is 0. The van der Waals surface area contributed by atoms with Crippen molar-refractivity contribution in [3.05, 3.63) is 23.3 Å².